The number of ether oxygens (including phenoxy) is 1. The van der Waals surface area contributed by atoms with Crippen LogP contribution in [0.3, 0.4) is 0 Å². The van der Waals surface area contributed by atoms with E-state index in [2.05, 4.69) is 10.6 Å². The molecule has 0 aliphatic heterocycles. The average molecular weight is 638 g/mol. The summed E-state index contributed by atoms with van der Waals surface area (Å²) in [6.07, 6.45) is -0.101. The van der Waals surface area contributed by atoms with Gasteiger partial charge in [0.15, 0.2) is 0 Å². The van der Waals surface area contributed by atoms with Gasteiger partial charge < -0.3 is 25.4 Å². The SMILES string of the molecule is CCC(C)(C)N(C(=O)C(Cc1ccc(O)cc1)NC(=O)OC(C)(C)C)C(C(=O)Nc1ccc2ccccc2c1)c1c(C)cccc1C. The monoisotopic (exact) mass is 637 g/mol. The van der Waals surface area contributed by atoms with Gasteiger partial charge in [-0.3, -0.25) is 9.59 Å². The molecular weight excluding hydrogens is 590 g/mol. The van der Waals surface area contributed by atoms with E-state index in [1.165, 1.54) is 12.1 Å². The maximum Gasteiger partial charge on any atom is 0.408 e. The Morgan fingerprint density at radius 2 is 1.45 bits per heavy atom. The van der Waals surface area contributed by atoms with Crippen molar-refractivity contribution in [1.82, 2.24) is 10.2 Å². The third kappa shape index (κ3) is 8.70. The molecule has 2 atom stereocenters. The van der Waals surface area contributed by atoms with E-state index >= 15 is 4.79 Å². The van der Waals surface area contributed by atoms with Gasteiger partial charge in [0, 0.05) is 17.6 Å². The lowest BCUT2D eigenvalue weighted by atomic mass is 9.88. The Morgan fingerprint density at radius 3 is 2.04 bits per heavy atom. The maximum atomic E-state index is 15.0. The van der Waals surface area contributed by atoms with Crippen LogP contribution < -0.4 is 10.6 Å². The highest BCUT2D eigenvalue weighted by Gasteiger charge is 2.44. The van der Waals surface area contributed by atoms with Crippen molar-refractivity contribution < 1.29 is 24.2 Å². The number of nitrogens with one attached hydrogen (secondary N) is 2. The summed E-state index contributed by atoms with van der Waals surface area (Å²) in [6.45, 7) is 15.0. The van der Waals surface area contributed by atoms with E-state index in [-0.39, 0.29) is 18.1 Å². The van der Waals surface area contributed by atoms with Gasteiger partial charge in [0.1, 0.15) is 23.4 Å². The largest absolute Gasteiger partial charge is 0.508 e. The van der Waals surface area contributed by atoms with Crippen LogP contribution in [0.25, 0.3) is 10.8 Å². The number of benzene rings is 4. The normalized spacial score (nSPS) is 13.0. The quantitative estimate of drug-likeness (QED) is 0.163. The highest BCUT2D eigenvalue weighted by Crippen LogP contribution is 2.36. The molecule has 0 aliphatic rings. The zero-order valence-corrected chi connectivity index (χ0v) is 28.7. The number of fused-ring (bicyclic) bond motifs is 1. The third-order valence-corrected chi connectivity index (χ3v) is 8.46. The van der Waals surface area contributed by atoms with E-state index in [0.717, 1.165) is 33.0 Å². The van der Waals surface area contributed by atoms with Crippen molar-refractivity contribution in [2.45, 2.75) is 91.5 Å². The van der Waals surface area contributed by atoms with Gasteiger partial charge in [0.05, 0.1) is 0 Å². The number of phenolic OH excluding ortho intramolecular Hbond substituents is 1. The van der Waals surface area contributed by atoms with Gasteiger partial charge >= 0.3 is 6.09 Å². The predicted molar refractivity (Wildman–Crippen MR) is 187 cm³/mol. The van der Waals surface area contributed by atoms with E-state index < -0.39 is 35.2 Å². The number of hydrogen-bond acceptors (Lipinski definition) is 5. The van der Waals surface area contributed by atoms with Crippen LogP contribution in [0.15, 0.2) is 84.9 Å². The Kier molecular flexibility index (Phi) is 10.6. The first-order chi connectivity index (χ1) is 22.1. The van der Waals surface area contributed by atoms with Crippen LogP contribution in [-0.4, -0.2) is 45.1 Å². The molecule has 8 heteroatoms. The number of hydrogen-bond donors (Lipinski definition) is 3. The average Bonchev–Trinajstić information content (AvgIpc) is 3.00. The molecular formula is C39H47N3O5. The molecule has 0 heterocycles. The molecule has 0 saturated heterocycles. The molecule has 0 saturated carbocycles. The molecule has 2 unspecified atom stereocenters. The number of nitrogens with zero attached hydrogens (tertiary/aromatic N) is 1. The van der Waals surface area contributed by atoms with Gasteiger partial charge in [0.25, 0.3) is 5.91 Å². The summed E-state index contributed by atoms with van der Waals surface area (Å²) in [5, 5.41) is 17.8. The first kappa shape index (κ1) is 35.0. The van der Waals surface area contributed by atoms with Crippen LogP contribution in [0.4, 0.5) is 10.5 Å². The van der Waals surface area contributed by atoms with Crippen molar-refractivity contribution in [2.75, 3.05) is 5.32 Å². The number of anilines is 1. The van der Waals surface area contributed by atoms with Gasteiger partial charge in [-0.15, -0.1) is 0 Å². The summed E-state index contributed by atoms with van der Waals surface area (Å²) >= 11 is 0. The second-order valence-electron chi connectivity index (χ2n) is 13.7. The van der Waals surface area contributed by atoms with Crippen LogP contribution in [0.1, 0.15) is 76.3 Å². The minimum atomic E-state index is -1.08. The van der Waals surface area contributed by atoms with E-state index in [1.807, 2.05) is 95.3 Å². The first-order valence-corrected chi connectivity index (χ1v) is 16.1. The number of phenols is 1. The molecule has 3 amide bonds. The summed E-state index contributed by atoms with van der Waals surface area (Å²) in [4.78, 5) is 44.5. The van der Waals surface area contributed by atoms with Gasteiger partial charge in [-0.2, -0.15) is 0 Å². The zero-order valence-electron chi connectivity index (χ0n) is 28.7. The molecule has 0 bridgehead atoms. The first-order valence-electron chi connectivity index (χ1n) is 16.1. The number of aromatic hydroxyl groups is 1. The van der Waals surface area contributed by atoms with Gasteiger partial charge in [-0.1, -0.05) is 67.6 Å². The number of amides is 3. The standard InChI is InChI=1S/C39H47N3O5/c1-9-39(7,8)42(36(45)32(41-37(46)47-38(4,5)6)23-27-17-21-31(43)22-18-27)34(33-25(2)13-12-14-26(33)3)35(44)40-30-20-19-28-15-10-11-16-29(28)24-30/h10-22,24,32,34,43H,9,23H2,1-8H3,(H,40,44)(H,41,46). The fourth-order valence-corrected chi connectivity index (χ4v) is 5.74. The number of rotatable bonds is 10. The Hall–Kier alpha value is -4.85. The third-order valence-electron chi connectivity index (χ3n) is 8.46. The fourth-order valence-electron chi connectivity index (χ4n) is 5.74. The molecule has 8 nitrogen and oxygen atoms in total. The lowest BCUT2D eigenvalue weighted by molar-refractivity contribution is -0.147. The molecule has 4 aromatic carbocycles. The highest BCUT2D eigenvalue weighted by molar-refractivity contribution is 6.01. The van der Waals surface area contributed by atoms with E-state index in [1.54, 1.807) is 37.8 Å². The molecule has 0 spiro atoms. The Labute approximate surface area is 278 Å². The molecule has 0 fully saturated rings. The number of alkyl carbamates (subject to hydrolysis) is 1. The van der Waals surface area contributed by atoms with Crippen LogP contribution in [0.2, 0.25) is 0 Å². The summed E-state index contributed by atoms with van der Waals surface area (Å²) < 4.78 is 5.57. The van der Waals surface area contributed by atoms with Crippen molar-refractivity contribution >= 4 is 34.4 Å². The molecule has 4 rings (SSSR count). The zero-order chi connectivity index (χ0) is 34.5. The fraction of sp³-hybridized carbons (Fsp3) is 0.359. The topological polar surface area (TPSA) is 108 Å². The molecule has 4 aromatic rings. The highest BCUT2D eigenvalue weighted by atomic mass is 16.6. The minimum absolute atomic E-state index is 0.0888. The van der Waals surface area contributed by atoms with Crippen molar-refractivity contribution in [3.05, 3.63) is 107 Å². The van der Waals surface area contributed by atoms with Crippen molar-refractivity contribution in [3.63, 3.8) is 0 Å². The van der Waals surface area contributed by atoms with Crippen LogP contribution in [0.5, 0.6) is 5.75 Å². The smallest absolute Gasteiger partial charge is 0.408 e. The van der Waals surface area contributed by atoms with Crippen LogP contribution in [0, 0.1) is 13.8 Å². The van der Waals surface area contributed by atoms with E-state index in [0.29, 0.717) is 12.1 Å². The molecule has 248 valence electrons. The number of carbonyl (C=O) groups excluding carboxylic acids is 3. The molecule has 0 aromatic heterocycles. The van der Waals surface area contributed by atoms with Crippen molar-refractivity contribution in [3.8, 4) is 5.75 Å². The van der Waals surface area contributed by atoms with Crippen molar-refractivity contribution in [1.29, 1.82) is 0 Å². The summed E-state index contributed by atoms with van der Waals surface area (Å²) in [7, 11) is 0. The molecule has 0 radical (unpaired) electrons. The van der Waals surface area contributed by atoms with E-state index in [9.17, 15) is 14.7 Å². The minimum Gasteiger partial charge on any atom is -0.508 e. The molecule has 47 heavy (non-hydrogen) atoms. The Balaban J connectivity index is 1.85. The van der Waals surface area contributed by atoms with Crippen LogP contribution in [-0.2, 0) is 20.7 Å². The maximum absolute atomic E-state index is 15.0. The number of carbonyl (C=O) groups is 3. The lowest BCUT2D eigenvalue weighted by Crippen LogP contribution is -2.59. The summed E-state index contributed by atoms with van der Waals surface area (Å²) in [5.74, 6) is -0.712. The Bertz CT molecular complexity index is 1720. The molecule has 3 N–H and O–H groups in total. The van der Waals surface area contributed by atoms with Crippen LogP contribution >= 0.6 is 0 Å². The Morgan fingerprint density at radius 1 is 0.830 bits per heavy atom. The van der Waals surface area contributed by atoms with Gasteiger partial charge in [0.2, 0.25) is 5.91 Å². The van der Waals surface area contributed by atoms with Crippen molar-refractivity contribution in [2.24, 2.45) is 0 Å². The second kappa shape index (κ2) is 14.3. The summed E-state index contributed by atoms with van der Waals surface area (Å²) in [5.41, 5.74) is 2.17. The second-order valence-corrected chi connectivity index (χ2v) is 13.7. The van der Waals surface area contributed by atoms with E-state index in [4.69, 9.17) is 4.74 Å². The summed E-state index contributed by atoms with van der Waals surface area (Å²) in [6, 6.07) is 23.8. The predicted octanol–water partition coefficient (Wildman–Crippen LogP) is 8.00. The lowest BCUT2D eigenvalue weighted by Gasteiger charge is -2.45. The van der Waals surface area contributed by atoms with Gasteiger partial charge in [-0.05, 0) is 112 Å². The number of aryl methyl sites for hydroxylation is 2. The van der Waals surface area contributed by atoms with Gasteiger partial charge in [-0.25, -0.2) is 4.79 Å². The molecule has 0 aliphatic carbocycles.